The number of rotatable bonds is 10. The van der Waals surface area contributed by atoms with Gasteiger partial charge in [0.25, 0.3) is 5.56 Å². The number of nitrogens with zero attached hydrogens (tertiary/aromatic N) is 4. The van der Waals surface area contributed by atoms with Crippen molar-refractivity contribution in [2.24, 2.45) is 0 Å². The van der Waals surface area contributed by atoms with E-state index in [1.807, 2.05) is 75.4 Å². The lowest BCUT2D eigenvalue weighted by atomic mass is 10.1. The second-order valence-electron chi connectivity index (χ2n) is 8.88. The predicted molar refractivity (Wildman–Crippen MR) is 141 cm³/mol. The van der Waals surface area contributed by atoms with E-state index in [2.05, 4.69) is 22.4 Å². The van der Waals surface area contributed by atoms with Gasteiger partial charge in [0.2, 0.25) is 5.91 Å². The van der Waals surface area contributed by atoms with E-state index in [-0.39, 0.29) is 11.5 Å². The first-order valence-electron chi connectivity index (χ1n) is 12.5. The summed E-state index contributed by atoms with van der Waals surface area (Å²) in [5.41, 5.74) is 3.38. The molecule has 2 aromatic heterocycles. The van der Waals surface area contributed by atoms with Crippen LogP contribution in [0.5, 0.6) is 5.75 Å². The Morgan fingerprint density at radius 2 is 1.75 bits per heavy atom. The molecule has 4 rings (SSSR count). The van der Waals surface area contributed by atoms with E-state index in [1.165, 1.54) is 4.68 Å². The van der Waals surface area contributed by atoms with Gasteiger partial charge in [-0.05, 0) is 56.5 Å². The van der Waals surface area contributed by atoms with Crippen molar-refractivity contribution in [3.63, 3.8) is 0 Å². The van der Waals surface area contributed by atoms with Crippen LogP contribution in [-0.4, -0.2) is 32.1 Å². The number of carbonyl (C=O) groups is 1. The van der Waals surface area contributed by atoms with Gasteiger partial charge in [-0.25, -0.2) is 9.36 Å². The van der Waals surface area contributed by atoms with Crippen LogP contribution in [0.4, 0.5) is 0 Å². The molecule has 0 fully saturated rings. The number of nitrogens with one attached hydrogen (secondary N) is 1. The van der Waals surface area contributed by atoms with E-state index in [0.717, 1.165) is 35.5 Å². The minimum atomic E-state index is -0.725. The van der Waals surface area contributed by atoms with Crippen molar-refractivity contribution in [1.29, 1.82) is 0 Å². The van der Waals surface area contributed by atoms with Crippen LogP contribution in [0.15, 0.2) is 59.4 Å². The average Bonchev–Trinajstić information content (AvgIpc) is 3.25. The standard InChI is InChI=1S/C28H33N5O3/c1-5-7-17-36-23-15-13-21(14-16-23)18-29-27(34)24(6-2)33-28(35)25-20(4)32(22-11-9-8-10-12-22)31-26(25)19(3)30-33/h8-16,24H,5-7,17-18H2,1-4H3,(H,29,34)/t24-/m0/s1. The molecule has 0 aliphatic heterocycles. The zero-order valence-electron chi connectivity index (χ0n) is 21.3. The molecular weight excluding hydrogens is 454 g/mol. The molecule has 0 aliphatic carbocycles. The first-order valence-corrected chi connectivity index (χ1v) is 12.5. The van der Waals surface area contributed by atoms with Crippen molar-refractivity contribution in [2.45, 2.75) is 59.5 Å². The number of hydrogen-bond donors (Lipinski definition) is 1. The Balaban J connectivity index is 1.55. The van der Waals surface area contributed by atoms with E-state index in [0.29, 0.717) is 36.2 Å². The molecule has 0 bridgehead atoms. The van der Waals surface area contributed by atoms with Gasteiger partial charge in [0, 0.05) is 6.54 Å². The summed E-state index contributed by atoms with van der Waals surface area (Å²) >= 11 is 0. The van der Waals surface area contributed by atoms with Gasteiger partial charge in [-0.3, -0.25) is 9.59 Å². The van der Waals surface area contributed by atoms with Crippen molar-refractivity contribution in [3.8, 4) is 11.4 Å². The fraction of sp³-hybridized carbons (Fsp3) is 0.357. The lowest BCUT2D eigenvalue weighted by molar-refractivity contribution is -0.125. The molecule has 188 valence electrons. The zero-order chi connectivity index (χ0) is 25.7. The molecule has 36 heavy (non-hydrogen) atoms. The van der Waals surface area contributed by atoms with E-state index in [1.54, 1.807) is 4.68 Å². The molecule has 1 atom stereocenters. The molecule has 1 amide bonds. The number of unbranched alkanes of at least 4 members (excludes halogenated alkanes) is 1. The van der Waals surface area contributed by atoms with Crippen molar-refractivity contribution in [3.05, 3.63) is 81.9 Å². The number of aromatic nitrogens is 4. The highest BCUT2D eigenvalue weighted by Gasteiger charge is 2.25. The number of carbonyl (C=O) groups excluding carboxylic acids is 1. The summed E-state index contributed by atoms with van der Waals surface area (Å²) in [6.45, 7) is 8.73. The lowest BCUT2D eigenvalue weighted by Crippen LogP contribution is -2.38. The molecule has 4 aromatic rings. The summed E-state index contributed by atoms with van der Waals surface area (Å²) in [5, 5.41) is 12.6. The Morgan fingerprint density at radius 1 is 1.03 bits per heavy atom. The molecule has 0 saturated heterocycles. The molecule has 0 saturated carbocycles. The van der Waals surface area contributed by atoms with Crippen LogP contribution in [0, 0.1) is 13.8 Å². The largest absolute Gasteiger partial charge is 0.494 e. The van der Waals surface area contributed by atoms with E-state index in [4.69, 9.17) is 4.74 Å². The number of fused-ring (bicyclic) bond motifs is 1. The maximum atomic E-state index is 13.5. The normalized spacial score (nSPS) is 12.0. The van der Waals surface area contributed by atoms with Crippen LogP contribution < -0.4 is 15.6 Å². The first kappa shape index (κ1) is 25.2. The van der Waals surface area contributed by atoms with Gasteiger partial charge in [0.15, 0.2) is 0 Å². The van der Waals surface area contributed by atoms with Gasteiger partial charge in [-0.1, -0.05) is 50.6 Å². The number of para-hydroxylation sites is 1. The van der Waals surface area contributed by atoms with E-state index < -0.39 is 6.04 Å². The van der Waals surface area contributed by atoms with Crippen molar-refractivity contribution >= 4 is 16.8 Å². The third-order valence-corrected chi connectivity index (χ3v) is 6.28. The topological polar surface area (TPSA) is 91.0 Å². The molecule has 2 aromatic carbocycles. The summed E-state index contributed by atoms with van der Waals surface area (Å²) in [6.07, 6.45) is 2.53. The molecule has 0 radical (unpaired) electrons. The van der Waals surface area contributed by atoms with Crippen LogP contribution in [0.25, 0.3) is 16.6 Å². The van der Waals surface area contributed by atoms with Gasteiger partial charge >= 0.3 is 0 Å². The summed E-state index contributed by atoms with van der Waals surface area (Å²) in [5.74, 6) is 0.568. The molecule has 0 spiro atoms. The fourth-order valence-corrected chi connectivity index (χ4v) is 4.23. The second-order valence-corrected chi connectivity index (χ2v) is 8.88. The monoisotopic (exact) mass is 487 g/mol. The molecule has 0 unspecified atom stereocenters. The SMILES string of the molecule is CCCCOc1ccc(CNC(=O)[C@H](CC)n2nc(C)c3nn(-c4ccccc4)c(C)c3c2=O)cc1. The Hall–Kier alpha value is -3.94. The summed E-state index contributed by atoms with van der Waals surface area (Å²) < 4.78 is 8.76. The quantitative estimate of drug-likeness (QED) is 0.329. The molecule has 2 heterocycles. The maximum absolute atomic E-state index is 13.5. The van der Waals surface area contributed by atoms with Crippen LogP contribution in [0.3, 0.4) is 0 Å². The minimum Gasteiger partial charge on any atom is -0.494 e. The van der Waals surface area contributed by atoms with Crippen molar-refractivity contribution < 1.29 is 9.53 Å². The number of aryl methyl sites for hydroxylation is 2. The Bertz CT molecular complexity index is 1390. The molecule has 8 nitrogen and oxygen atoms in total. The Labute approximate surface area is 210 Å². The average molecular weight is 488 g/mol. The van der Waals surface area contributed by atoms with Crippen LogP contribution in [-0.2, 0) is 11.3 Å². The van der Waals surface area contributed by atoms with Crippen LogP contribution >= 0.6 is 0 Å². The van der Waals surface area contributed by atoms with E-state index >= 15 is 0 Å². The molecule has 0 aliphatic rings. The highest BCUT2D eigenvalue weighted by molar-refractivity contribution is 5.84. The number of hydrogen-bond acceptors (Lipinski definition) is 5. The van der Waals surface area contributed by atoms with E-state index in [9.17, 15) is 9.59 Å². The predicted octanol–water partition coefficient (Wildman–Crippen LogP) is 4.65. The Morgan fingerprint density at radius 3 is 2.42 bits per heavy atom. The number of ether oxygens (including phenoxy) is 1. The van der Waals surface area contributed by atoms with Crippen molar-refractivity contribution in [1.82, 2.24) is 24.9 Å². The maximum Gasteiger partial charge on any atom is 0.278 e. The molecule has 8 heteroatoms. The zero-order valence-corrected chi connectivity index (χ0v) is 21.3. The first-order chi connectivity index (χ1) is 17.4. The third kappa shape index (κ3) is 5.17. The molecular formula is C28H33N5O3. The van der Waals surface area contributed by atoms with Crippen LogP contribution in [0.1, 0.15) is 56.1 Å². The van der Waals surface area contributed by atoms with Gasteiger partial charge in [-0.15, -0.1) is 0 Å². The lowest BCUT2D eigenvalue weighted by Gasteiger charge is -2.17. The Kier molecular flexibility index (Phi) is 7.83. The van der Waals surface area contributed by atoms with Gasteiger partial charge in [-0.2, -0.15) is 10.2 Å². The third-order valence-electron chi connectivity index (χ3n) is 6.28. The summed E-state index contributed by atoms with van der Waals surface area (Å²) in [7, 11) is 0. The summed E-state index contributed by atoms with van der Waals surface area (Å²) in [4.78, 5) is 26.7. The fourth-order valence-electron chi connectivity index (χ4n) is 4.23. The summed E-state index contributed by atoms with van der Waals surface area (Å²) in [6, 6.07) is 16.6. The second kappa shape index (κ2) is 11.2. The minimum absolute atomic E-state index is 0.248. The van der Waals surface area contributed by atoms with Crippen molar-refractivity contribution in [2.75, 3.05) is 6.61 Å². The highest BCUT2D eigenvalue weighted by Crippen LogP contribution is 2.21. The van der Waals surface area contributed by atoms with Gasteiger partial charge in [0.1, 0.15) is 17.3 Å². The smallest absolute Gasteiger partial charge is 0.278 e. The van der Waals surface area contributed by atoms with Crippen LogP contribution in [0.2, 0.25) is 0 Å². The van der Waals surface area contributed by atoms with Gasteiger partial charge < -0.3 is 10.1 Å². The number of benzene rings is 2. The number of amides is 1. The van der Waals surface area contributed by atoms with Gasteiger partial charge in [0.05, 0.1) is 29.1 Å². The molecule has 1 N–H and O–H groups in total. The highest BCUT2D eigenvalue weighted by atomic mass is 16.5.